The maximum Gasteiger partial charge on any atom is 0.335 e. The second kappa shape index (κ2) is 8.34. The Hall–Kier alpha value is -4.08. The lowest BCUT2D eigenvalue weighted by molar-refractivity contribution is -0.384. The van der Waals surface area contributed by atoms with E-state index in [9.17, 15) is 24.5 Å². The van der Waals surface area contributed by atoms with E-state index < -0.39 is 28.6 Å². The van der Waals surface area contributed by atoms with Gasteiger partial charge in [0.25, 0.3) is 11.6 Å². The van der Waals surface area contributed by atoms with Crippen LogP contribution in [0.3, 0.4) is 0 Å². The molecule has 160 valence electrons. The lowest BCUT2D eigenvalue weighted by Gasteiger charge is -2.15. The number of hydrazone groups is 1. The molecule has 2 N–H and O–H groups in total. The first-order valence-electron chi connectivity index (χ1n) is 9.36. The summed E-state index contributed by atoms with van der Waals surface area (Å²) in [5.74, 6) is -2.91. The molecule has 2 aromatic carbocycles. The fourth-order valence-corrected chi connectivity index (χ4v) is 3.21. The van der Waals surface area contributed by atoms with Gasteiger partial charge in [-0.15, -0.1) is 0 Å². The number of amides is 2. The molecule has 2 amide bonds. The number of carbonyl (C=O) groups is 3. The number of carboxylic acid groups (broad SMARTS) is 1. The molecule has 1 aliphatic heterocycles. The van der Waals surface area contributed by atoms with Gasteiger partial charge >= 0.3 is 5.97 Å². The lowest BCUT2D eigenvalue weighted by Crippen LogP contribution is -2.30. The lowest BCUT2D eigenvalue weighted by atomic mass is 9.99. The molecule has 0 radical (unpaired) electrons. The molecule has 10 heteroatoms. The number of benzene rings is 2. The van der Waals surface area contributed by atoms with Crippen molar-refractivity contribution in [3.8, 4) is 0 Å². The molecule has 0 aromatic heterocycles. The van der Waals surface area contributed by atoms with Crippen molar-refractivity contribution in [2.45, 2.75) is 27.2 Å². The predicted octanol–water partition coefficient (Wildman–Crippen LogP) is 3.28. The number of aryl methyl sites for hydroxylation is 2. The summed E-state index contributed by atoms with van der Waals surface area (Å²) >= 11 is 0. The third-order valence-corrected chi connectivity index (χ3v) is 5.10. The van der Waals surface area contributed by atoms with Crippen molar-refractivity contribution in [3.05, 3.63) is 63.2 Å². The number of anilines is 2. The number of nitrogens with one attached hydrogen (secondary N) is 1. The highest BCUT2D eigenvalue weighted by atomic mass is 16.6. The highest BCUT2D eigenvalue weighted by Gasteiger charge is 2.36. The van der Waals surface area contributed by atoms with E-state index in [1.807, 2.05) is 0 Å². The molecule has 3 rings (SSSR count). The molecule has 31 heavy (non-hydrogen) atoms. The van der Waals surface area contributed by atoms with Gasteiger partial charge in [-0.3, -0.25) is 19.7 Å². The summed E-state index contributed by atoms with van der Waals surface area (Å²) < 4.78 is 0. The number of hydrogen-bond donors (Lipinski definition) is 2. The first kappa shape index (κ1) is 21.6. The first-order valence-corrected chi connectivity index (χ1v) is 9.36. The Labute approximate surface area is 177 Å². The van der Waals surface area contributed by atoms with E-state index in [0.29, 0.717) is 11.4 Å². The number of carbonyl (C=O) groups excluding carboxylic acids is 2. The van der Waals surface area contributed by atoms with Gasteiger partial charge in [-0.1, -0.05) is 0 Å². The van der Waals surface area contributed by atoms with Gasteiger partial charge in [-0.2, -0.15) is 5.10 Å². The second-order valence-corrected chi connectivity index (χ2v) is 7.26. The summed E-state index contributed by atoms with van der Waals surface area (Å²) in [6.45, 7) is 5.13. The molecule has 2 aromatic rings. The second-order valence-electron chi connectivity index (χ2n) is 7.26. The average Bonchev–Trinajstić information content (AvgIpc) is 2.98. The normalized spacial score (nSPS) is 15.6. The minimum Gasteiger partial charge on any atom is -0.478 e. The zero-order valence-electron chi connectivity index (χ0n) is 17.1. The van der Waals surface area contributed by atoms with E-state index in [0.717, 1.165) is 16.1 Å². The summed E-state index contributed by atoms with van der Waals surface area (Å²) in [7, 11) is 0. The van der Waals surface area contributed by atoms with Crippen molar-refractivity contribution in [2.24, 2.45) is 11.0 Å². The number of carboxylic acids is 1. The van der Waals surface area contributed by atoms with Crippen LogP contribution in [0.25, 0.3) is 0 Å². The number of nitro groups is 1. The van der Waals surface area contributed by atoms with E-state index in [2.05, 4.69) is 10.4 Å². The van der Waals surface area contributed by atoms with Crippen LogP contribution in [0, 0.1) is 29.9 Å². The molecule has 1 aliphatic rings. The Balaban J connectivity index is 1.75. The minimum absolute atomic E-state index is 0.0688. The number of hydrogen-bond acceptors (Lipinski definition) is 6. The largest absolute Gasteiger partial charge is 0.478 e. The van der Waals surface area contributed by atoms with Crippen LogP contribution in [0.4, 0.5) is 17.1 Å². The molecular formula is C21H20N4O6. The van der Waals surface area contributed by atoms with Crippen molar-refractivity contribution in [1.82, 2.24) is 0 Å². The zero-order chi connectivity index (χ0) is 22.9. The highest BCUT2D eigenvalue weighted by molar-refractivity contribution is 6.17. The number of nitrogens with zero attached hydrogens (tertiary/aromatic N) is 3. The van der Waals surface area contributed by atoms with Crippen LogP contribution in [0.15, 0.2) is 41.5 Å². The third kappa shape index (κ3) is 4.42. The molecule has 1 atom stereocenters. The van der Waals surface area contributed by atoms with Crippen molar-refractivity contribution >= 4 is 40.6 Å². The van der Waals surface area contributed by atoms with Crippen molar-refractivity contribution in [3.63, 3.8) is 0 Å². The Morgan fingerprint density at radius 1 is 1.16 bits per heavy atom. The number of rotatable bonds is 6. The van der Waals surface area contributed by atoms with Gasteiger partial charge in [-0.25, -0.2) is 9.80 Å². The van der Waals surface area contributed by atoms with E-state index in [1.54, 1.807) is 20.8 Å². The Morgan fingerprint density at radius 2 is 1.77 bits per heavy atom. The Morgan fingerprint density at radius 3 is 2.35 bits per heavy atom. The third-order valence-electron chi connectivity index (χ3n) is 5.10. The molecule has 0 bridgehead atoms. The average molecular weight is 424 g/mol. The highest BCUT2D eigenvalue weighted by Crippen LogP contribution is 2.30. The first-order chi connectivity index (χ1) is 14.6. The molecule has 0 saturated heterocycles. The zero-order valence-corrected chi connectivity index (χ0v) is 17.1. The smallest absolute Gasteiger partial charge is 0.335 e. The topological polar surface area (TPSA) is 142 Å². The van der Waals surface area contributed by atoms with E-state index in [4.69, 9.17) is 5.11 Å². The van der Waals surface area contributed by atoms with E-state index in [1.165, 1.54) is 36.4 Å². The molecule has 1 heterocycles. The van der Waals surface area contributed by atoms with Crippen LogP contribution in [0.5, 0.6) is 0 Å². The van der Waals surface area contributed by atoms with Crippen LogP contribution in [0.2, 0.25) is 0 Å². The van der Waals surface area contributed by atoms with Crippen molar-refractivity contribution in [2.75, 3.05) is 10.3 Å². The predicted molar refractivity (Wildman–Crippen MR) is 113 cm³/mol. The van der Waals surface area contributed by atoms with Crippen molar-refractivity contribution in [1.29, 1.82) is 0 Å². The number of aromatic carboxylic acids is 1. The Bertz CT molecular complexity index is 1120. The van der Waals surface area contributed by atoms with Gasteiger partial charge in [0.05, 0.1) is 22.1 Å². The van der Waals surface area contributed by atoms with E-state index >= 15 is 0 Å². The summed E-state index contributed by atoms with van der Waals surface area (Å²) in [6, 6.07) is 8.54. The van der Waals surface area contributed by atoms with Crippen LogP contribution < -0.4 is 10.3 Å². The van der Waals surface area contributed by atoms with Gasteiger partial charge in [0.1, 0.15) is 5.69 Å². The molecule has 0 fully saturated rings. The maximum absolute atomic E-state index is 12.8. The fraction of sp³-hybridized carbons (Fsp3) is 0.238. The summed E-state index contributed by atoms with van der Waals surface area (Å²) in [5.41, 5.74) is 2.22. The van der Waals surface area contributed by atoms with Gasteiger partial charge in [-0.05, 0) is 62.2 Å². The maximum atomic E-state index is 12.8. The van der Waals surface area contributed by atoms with Crippen molar-refractivity contribution < 1.29 is 24.4 Å². The summed E-state index contributed by atoms with van der Waals surface area (Å²) in [6.07, 6.45) is -0.234. The SMILES string of the molecule is CC1=NN(c2ccc(C(=O)O)cc2)C(=O)C1CC(=O)Nc1cc(C)c(C)cc1[N+](=O)[O-]. The van der Waals surface area contributed by atoms with Gasteiger partial charge < -0.3 is 10.4 Å². The summed E-state index contributed by atoms with van der Waals surface area (Å²) in [4.78, 5) is 47.1. The van der Waals surface area contributed by atoms with E-state index in [-0.39, 0.29) is 23.4 Å². The fourth-order valence-electron chi connectivity index (χ4n) is 3.21. The van der Waals surface area contributed by atoms with Crippen LogP contribution in [-0.2, 0) is 9.59 Å². The van der Waals surface area contributed by atoms with Gasteiger partial charge in [0.2, 0.25) is 5.91 Å². The molecule has 10 nitrogen and oxygen atoms in total. The minimum atomic E-state index is -1.09. The molecule has 0 spiro atoms. The van der Waals surface area contributed by atoms with Gasteiger partial charge in [0, 0.05) is 18.2 Å². The van der Waals surface area contributed by atoms with Gasteiger partial charge in [0.15, 0.2) is 0 Å². The molecule has 0 saturated carbocycles. The van der Waals surface area contributed by atoms with Crippen LogP contribution in [0.1, 0.15) is 34.8 Å². The van der Waals surface area contributed by atoms with Crippen LogP contribution >= 0.6 is 0 Å². The summed E-state index contributed by atoms with van der Waals surface area (Å²) in [5, 5.41) is 28.2. The molecular weight excluding hydrogens is 404 g/mol. The van der Waals surface area contributed by atoms with Crippen LogP contribution in [-0.4, -0.2) is 33.5 Å². The standard InChI is InChI=1S/C21H20N4O6/c1-11-8-17(18(25(30)31)9-12(11)2)22-19(26)10-16-13(3)23-24(20(16)27)15-6-4-14(5-7-15)21(28)29/h4-9,16H,10H2,1-3H3,(H,22,26)(H,28,29). The Kier molecular flexibility index (Phi) is 5.82. The molecule has 0 aliphatic carbocycles. The number of nitro benzene ring substituents is 1. The molecule has 1 unspecified atom stereocenters. The quantitative estimate of drug-likeness (QED) is 0.538. The monoisotopic (exact) mass is 424 g/mol.